The number of piperidine rings is 1. The summed E-state index contributed by atoms with van der Waals surface area (Å²) in [6.07, 6.45) is 7.65. The molecule has 0 saturated carbocycles. The molecule has 14 heteroatoms. The van der Waals surface area contributed by atoms with Gasteiger partial charge in [0, 0.05) is 43.5 Å². The van der Waals surface area contributed by atoms with Gasteiger partial charge in [0.05, 0.1) is 22.4 Å². The van der Waals surface area contributed by atoms with Gasteiger partial charge in [-0.2, -0.15) is 0 Å². The second-order valence-corrected chi connectivity index (χ2v) is 13.7. The highest BCUT2D eigenvalue weighted by Gasteiger charge is 2.16. The van der Waals surface area contributed by atoms with Crippen molar-refractivity contribution in [3.63, 3.8) is 0 Å². The molecule has 2 aliphatic heterocycles. The fraction of sp³-hybridized carbons (Fsp3) is 0.350. The van der Waals surface area contributed by atoms with Crippen molar-refractivity contribution in [2.45, 2.75) is 44.8 Å². The van der Waals surface area contributed by atoms with Crippen LogP contribution in [0.3, 0.4) is 0 Å². The number of hydrogen-bond acceptors (Lipinski definition) is 12. The van der Waals surface area contributed by atoms with E-state index in [0.717, 1.165) is 85.2 Å². The van der Waals surface area contributed by atoms with E-state index in [2.05, 4.69) is 101 Å². The molecule has 4 aromatic heterocycles. The lowest BCUT2D eigenvalue weighted by Crippen LogP contribution is -2.40. The number of halogens is 2. The maximum Gasteiger partial charge on any atom is 0.153 e. The third-order valence-electron chi connectivity index (χ3n) is 9.88. The van der Waals surface area contributed by atoms with Gasteiger partial charge in [0.1, 0.15) is 23.7 Å². The van der Waals surface area contributed by atoms with Gasteiger partial charge in [0.2, 0.25) is 0 Å². The summed E-state index contributed by atoms with van der Waals surface area (Å²) in [5, 5.41) is 7.26. The molecule has 2 saturated heterocycles. The van der Waals surface area contributed by atoms with Crippen LogP contribution in [0.5, 0.6) is 0 Å². The van der Waals surface area contributed by atoms with Crippen molar-refractivity contribution in [2.24, 2.45) is 5.92 Å². The first-order chi connectivity index (χ1) is 25.5. The number of nitrogens with zero attached hydrogens (tertiary/aromatic N) is 7. The van der Waals surface area contributed by atoms with Gasteiger partial charge >= 0.3 is 0 Å². The highest BCUT2D eigenvalue weighted by atomic mass is 35.5. The van der Waals surface area contributed by atoms with Gasteiger partial charge in [-0.05, 0) is 106 Å². The average Bonchev–Trinajstić information content (AvgIpc) is 3.19. The number of fused-ring (bicyclic) bond motifs is 2. The molecule has 8 rings (SSSR count). The second-order valence-electron chi connectivity index (χ2n) is 13.7. The average molecular weight is 771 g/mol. The standard InChI is InChI=1S/C20H24N6.C20H23N5O.2ClH/c1-26-9-7-16(8-10-26)22-12-14-3-2-4-15(11-14)17-5-6-18-19(25-17)20(21)24-13-23-18;21-20-19-18(23-13-24-20)5-4-17(25-19)16-3-1-2-15(10-16)12-22-11-14-6-8-26-9-7-14;;/h2-6,11,13,16,22H,7-10,12H2,1H3,(H2,21,23,24);1-5,10,13-14,22H,6-9,11-12H2,(H2,21,23,24);2*1H. The zero-order valence-electron chi connectivity index (χ0n) is 30.5. The van der Waals surface area contributed by atoms with Gasteiger partial charge in [-0.25, -0.2) is 29.9 Å². The van der Waals surface area contributed by atoms with Crippen LogP contribution in [0.4, 0.5) is 11.6 Å². The molecule has 0 radical (unpaired) electrons. The first-order valence-electron chi connectivity index (χ1n) is 18.1. The maximum absolute atomic E-state index is 5.95. The maximum atomic E-state index is 5.95. The molecule has 0 spiro atoms. The van der Waals surface area contributed by atoms with Crippen molar-refractivity contribution in [2.75, 3.05) is 51.4 Å². The van der Waals surface area contributed by atoms with Crippen LogP contribution in [-0.2, 0) is 17.8 Å². The first kappa shape index (κ1) is 40.6. The molecule has 0 aliphatic carbocycles. The SMILES string of the molecule is CN1CCC(NCc2cccc(-c3ccc4ncnc(N)c4n3)c2)CC1.Cl.Cl.Nc1ncnc2ccc(-c3cccc(CNCC4CCOCC4)c3)nc12. The Kier molecular flexibility index (Phi) is 14.8. The molecule has 12 nitrogen and oxygen atoms in total. The van der Waals surface area contributed by atoms with E-state index in [-0.39, 0.29) is 24.8 Å². The fourth-order valence-corrected chi connectivity index (χ4v) is 6.77. The lowest BCUT2D eigenvalue weighted by Gasteiger charge is -2.29. The molecular formula is C40H49Cl2N11O. The second kappa shape index (κ2) is 19.7. The quantitative estimate of drug-likeness (QED) is 0.134. The number of ether oxygens (including phenoxy) is 1. The Morgan fingerprint density at radius 3 is 1.78 bits per heavy atom. The van der Waals surface area contributed by atoms with E-state index in [1.54, 1.807) is 0 Å². The van der Waals surface area contributed by atoms with E-state index in [1.165, 1.54) is 49.7 Å². The minimum absolute atomic E-state index is 0. The number of pyridine rings is 2. The number of likely N-dealkylation sites (tertiary alicyclic amines) is 1. The van der Waals surface area contributed by atoms with Crippen LogP contribution < -0.4 is 22.1 Å². The van der Waals surface area contributed by atoms with Gasteiger partial charge in [-0.1, -0.05) is 36.4 Å². The largest absolute Gasteiger partial charge is 0.382 e. The van der Waals surface area contributed by atoms with E-state index in [9.17, 15) is 0 Å². The van der Waals surface area contributed by atoms with Gasteiger partial charge < -0.3 is 31.7 Å². The predicted molar refractivity (Wildman–Crippen MR) is 221 cm³/mol. The topological polar surface area (TPSA) is 166 Å². The Morgan fingerprint density at radius 2 is 1.22 bits per heavy atom. The molecule has 54 heavy (non-hydrogen) atoms. The highest BCUT2D eigenvalue weighted by molar-refractivity contribution is 5.87. The van der Waals surface area contributed by atoms with Crippen molar-refractivity contribution in [1.82, 2.24) is 45.4 Å². The van der Waals surface area contributed by atoms with Crippen molar-refractivity contribution in [3.05, 3.63) is 96.6 Å². The molecule has 2 aromatic carbocycles. The predicted octanol–water partition coefficient (Wildman–Crippen LogP) is 6.09. The van der Waals surface area contributed by atoms with Crippen molar-refractivity contribution in [1.29, 1.82) is 0 Å². The molecule has 6 aromatic rings. The minimum Gasteiger partial charge on any atom is -0.382 e. The zero-order valence-corrected chi connectivity index (χ0v) is 32.2. The van der Waals surface area contributed by atoms with E-state index in [4.69, 9.17) is 16.2 Å². The Labute approximate surface area is 328 Å². The lowest BCUT2D eigenvalue weighted by molar-refractivity contribution is 0.0662. The molecular weight excluding hydrogens is 721 g/mol. The zero-order chi connectivity index (χ0) is 35.7. The van der Waals surface area contributed by atoms with Gasteiger partial charge in [-0.15, -0.1) is 24.8 Å². The number of nitrogens with one attached hydrogen (secondary N) is 2. The molecule has 2 aliphatic rings. The molecule has 6 heterocycles. The van der Waals surface area contributed by atoms with E-state index < -0.39 is 0 Å². The minimum atomic E-state index is 0. The molecule has 284 valence electrons. The number of nitrogens with two attached hydrogens (primary N) is 2. The Morgan fingerprint density at radius 1 is 0.685 bits per heavy atom. The number of aromatic nitrogens is 6. The Bertz CT molecular complexity index is 2110. The third-order valence-corrected chi connectivity index (χ3v) is 9.88. The van der Waals surface area contributed by atoms with E-state index in [0.29, 0.717) is 28.7 Å². The van der Waals surface area contributed by atoms with Crippen LogP contribution >= 0.6 is 24.8 Å². The van der Waals surface area contributed by atoms with Crippen LogP contribution in [0.2, 0.25) is 0 Å². The van der Waals surface area contributed by atoms with Crippen LogP contribution in [-0.4, -0.2) is 80.7 Å². The number of rotatable bonds is 9. The normalized spacial score (nSPS) is 15.2. The van der Waals surface area contributed by atoms with E-state index in [1.807, 2.05) is 24.3 Å². The molecule has 0 unspecified atom stereocenters. The molecule has 0 atom stereocenters. The van der Waals surface area contributed by atoms with Crippen LogP contribution in [0.25, 0.3) is 44.6 Å². The van der Waals surface area contributed by atoms with Crippen molar-refractivity contribution in [3.8, 4) is 22.5 Å². The van der Waals surface area contributed by atoms with Crippen molar-refractivity contribution >= 4 is 58.5 Å². The summed E-state index contributed by atoms with van der Waals surface area (Å²) < 4.78 is 5.42. The van der Waals surface area contributed by atoms with Crippen LogP contribution in [0, 0.1) is 5.92 Å². The number of nitrogen functional groups attached to an aromatic ring is 2. The fourth-order valence-electron chi connectivity index (χ4n) is 6.77. The number of benzene rings is 2. The Balaban J connectivity index is 0.000000200. The summed E-state index contributed by atoms with van der Waals surface area (Å²) >= 11 is 0. The van der Waals surface area contributed by atoms with Crippen LogP contribution in [0.1, 0.15) is 36.8 Å². The molecule has 0 bridgehead atoms. The first-order valence-corrected chi connectivity index (χ1v) is 18.1. The summed E-state index contributed by atoms with van der Waals surface area (Å²) in [6, 6.07) is 25.4. The van der Waals surface area contributed by atoms with Crippen molar-refractivity contribution < 1.29 is 4.74 Å². The molecule has 6 N–H and O–H groups in total. The third kappa shape index (κ3) is 10.6. The van der Waals surface area contributed by atoms with Gasteiger partial charge in [0.25, 0.3) is 0 Å². The summed E-state index contributed by atoms with van der Waals surface area (Å²) in [5.41, 5.74) is 21.1. The summed E-state index contributed by atoms with van der Waals surface area (Å²) in [6.45, 7) is 6.88. The van der Waals surface area contributed by atoms with E-state index >= 15 is 0 Å². The smallest absolute Gasteiger partial charge is 0.153 e. The number of hydrogen-bond donors (Lipinski definition) is 4. The number of anilines is 2. The summed E-state index contributed by atoms with van der Waals surface area (Å²) in [7, 11) is 2.19. The highest BCUT2D eigenvalue weighted by Crippen LogP contribution is 2.25. The van der Waals surface area contributed by atoms with Gasteiger partial charge in [0.15, 0.2) is 11.6 Å². The summed E-state index contributed by atoms with van der Waals surface area (Å²) in [4.78, 5) is 28.2. The molecule has 2 fully saturated rings. The summed E-state index contributed by atoms with van der Waals surface area (Å²) in [5.74, 6) is 1.54. The van der Waals surface area contributed by atoms with Gasteiger partial charge in [-0.3, -0.25) is 0 Å². The monoisotopic (exact) mass is 769 g/mol. The van der Waals surface area contributed by atoms with Crippen LogP contribution in [0.15, 0.2) is 85.5 Å². The Hall–Kier alpha value is -4.56. The lowest BCUT2D eigenvalue weighted by atomic mass is 10.0. The molecule has 0 amide bonds.